The van der Waals surface area contributed by atoms with E-state index < -0.39 is 10.0 Å². The van der Waals surface area contributed by atoms with Gasteiger partial charge in [-0.3, -0.25) is 9.52 Å². The first-order chi connectivity index (χ1) is 13.4. The van der Waals surface area contributed by atoms with Crippen molar-refractivity contribution in [1.29, 1.82) is 0 Å². The van der Waals surface area contributed by atoms with Crippen molar-refractivity contribution in [3.8, 4) is 5.75 Å². The Labute approximate surface area is 165 Å². The van der Waals surface area contributed by atoms with Gasteiger partial charge in [0.25, 0.3) is 15.9 Å². The zero-order valence-electron chi connectivity index (χ0n) is 15.9. The average molecular weight is 404 g/mol. The van der Waals surface area contributed by atoms with Crippen molar-refractivity contribution in [2.75, 3.05) is 25.0 Å². The third-order valence-electron chi connectivity index (χ3n) is 4.61. The van der Waals surface area contributed by atoms with Crippen molar-refractivity contribution in [1.82, 2.24) is 5.32 Å². The van der Waals surface area contributed by atoms with Gasteiger partial charge in [-0.05, 0) is 55.7 Å². The molecule has 0 aliphatic carbocycles. The van der Waals surface area contributed by atoms with E-state index in [-0.39, 0.29) is 28.2 Å². The number of amides is 1. The van der Waals surface area contributed by atoms with Crippen LogP contribution in [-0.2, 0) is 14.8 Å². The second-order valence-electron chi connectivity index (χ2n) is 6.63. The maximum Gasteiger partial charge on any atom is 0.261 e. The highest BCUT2D eigenvalue weighted by molar-refractivity contribution is 7.92. The molecule has 1 saturated heterocycles. The van der Waals surface area contributed by atoms with Gasteiger partial charge in [0.2, 0.25) is 0 Å². The van der Waals surface area contributed by atoms with Crippen LogP contribution in [0.25, 0.3) is 0 Å². The molecule has 150 valence electrons. The van der Waals surface area contributed by atoms with Gasteiger partial charge in [-0.2, -0.15) is 0 Å². The van der Waals surface area contributed by atoms with Crippen LogP contribution in [0.3, 0.4) is 0 Å². The van der Waals surface area contributed by atoms with Crippen LogP contribution in [0.15, 0.2) is 47.4 Å². The number of hydrogen-bond donors (Lipinski definition) is 2. The second kappa shape index (κ2) is 8.62. The molecule has 1 heterocycles. The number of sulfonamides is 1. The Morgan fingerprint density at radius 2 is 2.04 bits per heavy atom. The Balaban J connectivity index is 1.78. The highest BCUT2D eigenvalue weighted by Gasteiger charge is 2.21. The number of benzene rings is 2. The summed E-state index contributed by atoms with van der Waals surface area (Å²) in [5.41, 5.74) is 1.18. The standard InChI is InChI=1S/C20H24N2O5S/c1-14-12-16(9-10-19(14)26-2)28(24,25)22-18-8-4-3-7-17(18)20(23)21-13-15-6-5-11-27-15/h3-4,7-10,12,15,22H,5-6,11,13H2,1-2H3,(H,21,23)/t15-/m0/s1. The van der Waals surface area contributed by atoms with Crippen molar-refractivity contribution in [3.05, 3.63) is 53.6 Å². The third-order valence-corrected chi connectivity index (χ3v) is 5.97. The van der Waals surface area contributed by atoms with Crippen molar-refractivity contribution < 1.29 is 22.7 Å². The summed E-state index contributed by atoms with van der Waals surface area (Å²) in [6.07, 6.45) is 1.90. The number of nitrogens with one attached hydrogen (secondary N) is 2. The van der Waals surface area contributed by atoms with Crippen molar-refractivity contribution in [3.63, 3.8) is 0 Å². The molecule has 0 saturated carbocycles. The second-order valence-corrected chi connectivity index (χ2v) is 8.31. The smallest absolute Gasteiger partial charge is 0.261 e. The number of para-hydroxylation sites is 1. The van der Waals surface area contributed by atoms with Crippen LogP contribution in [0.4, 0.5) is 5.69 Å². The summed E-state index contributed by atoms with van der Waals surface area (Å²) in [4.78, 5) is 12.7. The highest BCUT2D eigenvalue weighted by atomic mass is 32.2. The Morgan fingerprint density at radius 1 is 1.25 bits per heavy atom. The van der Waals surface area contributed by atoms with E-state index in [2.05, 4.69) is 10.0 Å². The van der Waals surface area contributed by atoms with Crippen LogP contribution < -0.4 is 14.8 Å². The maximum absolute atomic E-state index is 12.8. The largest absolute Gasteiger partial charge is 0.496 e. The van der Waals surface area contributed by atoms with E-state index in [0.717, 1.165) is 12.8 Å². The van der Waals surface area contributed by atoms with Crippen LogP contribution in [0.5, 0.6) is 5.75 Å². The molecule has 1 fully saturated rings. The monoisotopic (exact) mass is 404 g/mol. The fourth-order valence-corrected chi connectivity index (χ4v) is 4.26. The first-order valence-corrected chi connectivity index (χ1v) is 10.6. The van der Waals surface area contributed by atoms with Gasteiger partial charge in [-0.1, -0.05) is 12.1 Å². The minimum Gasteiger partial charge on any atom is -0.496 e. The van der Waals surface area contributed by atoms with Gasteiger partial charge < -0.3 is 14.8 Å². The highest BCUT2D eigenvalue weighted by Crippen LogP contribution is 2.24. The van der Waals surface area contributed by atoms with Crippen LogP contribution in [0, 0.1) is 6.92 Å². The van der Waals surface area contributed by atoms with Gasteiger partial charge in [0.1, 0.15) is 5.75 Å². The maximum atomic E-state index is 12.8. The molecule has 2 N–H and O–H groups in total. The molecule has 1 atom stereocenters. The lowest BCUT2D eigenvalue weighted by Gasteiger charge is -2.15. The van der Waals surface area contributed by atoms with Crippen LogP contribution in [0.2, 0.25) is 0 Å². The summed E-state index contributed by atoms with van der Waals surface area (Å²) in [5.74, 6) is 0.257. The van der Waals surface area contributed by atoms with E-state index in [9.17, 15) is 13.2 Å². The van der Waals surface area contributed by atoms with Gasteiger partial charge in [-0.25, -0.2) is 8.42 Å². The summed E-state index contributed by atoms with van der Waals surface area (Å²) in [5, 5.41) is 2.82. The average Bonchev–Trinajstić information content (AvgIpc) is 3.20. The lowest BCUT2D eigenvalue weighted by atomic mass is 10.1. The molecule has 7 nitrogen and oxygen atoms in total. The molecule has 8 heteroatoms. The molecule has 1 aliphatic rings. The number of anilines is 1. The van der Waals surface area contributed by atoms with Gasteiger partial charge in [0.15, 0.2) is 0 Å². The van der Waals surface area contributed by atoms with Crippen LogP contribution in [-0.4, -0.2) is 40.7 Å². The lowest BCUT2D eigenvalue weighted by molar-refractivity contribution is 0.0858. The van der Waals surface area contributed by atoms with Gasteiger partial charge >= 0.3 is 0 Å². The van der Waals surface area contributed by atoms with E-state index >= 15 is 0 Å². The van der Waals surface area contributed by atoms with E-state index in [1.807, 2.05) is 0 Å². The Hall–Kier alpha value is -2.58. The van der Waals surface area contributed by atoms with Crippen LogP contribution in [0.1, 0.15) is 28.8 Å². The quantitative estimate of drug-likeness (QED) is 0.740. The molecule has 2 aromatic rings. The number of rotatable bonds is 7. The molecule has 0 radical (unpaired) electrons. The van der Waals surface area contributed by atoms with Crippen LogP contribution >= 0.6 is 0 Å². The normalized spacial score (nSPS) is 16.6. The zero-order chi connectivity index (χ0) is 20.1. The summed E-state index contributed by atoms with van der Waals surface area (Å²) in [6.45, 7) is 2.88. The number of aryl methyl sites for hydroxylation is 1. The number of hydrogen-bond acceptors (Lipinski definition) is 5. The molecule has 2 aromatic carbocycles. The van der Waals surface area contributed by atoms with Crippen molar-refractivity contribution >= 4 is 21.6 Å². The predicted octanol–water partition coefficient (Wildman–Crippen LogP) is 2.71. The topological polar surface area (TPSA) is 93.7 Å². The van der Waals surface area contributed by atoms with E-state index in [1.165, 1.54) is 19.2 Å². The summed E-state index contributed by atoms with van der Waals surface area (Å²) < 4.78 is 38.8. The molecule has 3 rings (SSSR count). The predicted molar refractivity (Wildman–Crippen MR) is 106 cm³/mol. The van der Waals surface area contributed by atoms with Crippen molar-refractivity contribution in [2.45, 2.75) is 30.8 Å². The van der Waals surface area contributed by atoms with Crippen molar-refractivity contribution in [2.24, 2.45) is 0 Å². The lowest BCUT2D eigenvalue weighted by Crippen LogP contribution is -2.32. The molecule has 0 bridgehead atoms. The molecule has 1 aliphatic heterocycles. The zero-order valence-corrected chi connectivity index (χ0v) is 16.7. The summed E-state index contributed by atoms with van der Waals surface area (Å²) in [7, 11) is -2.33. The Bertz CT molecular complexity index is 953. The third kappa shape index (κ3) is 4.63. The van der Waals surface area contributed by atoms with Gasteiger partial charge in [0.05, 0.1) is 29.4 Å². The SMILES string of the molecule is COc1ccc(S(=O)(=O)Nc2ccccc2C(=O)NC[C@@H]2CCCO2)cc1C. The minimum absolute atomic E-state index is 0.00933. The molecule has 0 unspecified atom stereocenters. The number of ether oxygens (including phenoxy) is 2. The fourth-order valence-electron chi connectivity index (χ4n) is 3.10. The molecule has 28 heavy (non-hydrogen) atoms. The molecular formula is C20H24N2O5S. The Kier molecular flexibility index (Phi) is 6.21. The first kappa shape index (κ1) is 20.2. The first-order valence-electron chi connectivity index (χ1n) is 9.07. The van der Waals surface area contributed by atoms with E-state index in [1.54, 1.807) is 37.3 Å². The fraction of sp³-hybridized carbons (Fsp3) is 0.350. The Morgan fingerprint density at radius 3 is 2.71 bits per heavy atom. The summed E-state index contributed by atoms with van der Waals surface area (Å²) >= 11 is 0. The van der Waals surface area contributed by atoms with Gasteiger partial charge in [-0.15, -0.1) is 0 Å². The summed E-state index contributed by atoms with van der Waals surface area (Å²) in [6, 6.07) is 11.1. The number of methoxy groups -OCH3 is 1. The van der Waals surface area contributed by atoms with Gasteiger partial charge in [0, 0.05) is 13.2 Å². The number of carbonyl (C=O) groups excluding carboxylic acids is 1. The van der Waals surface area contributed by atoms with E-state index in [4.69, 9.17) is 9.47 Å². The molecular weight excluding hydrogens is 380 g/mol. The molecule has 0 spiro atoms. The number of carbonyl (C=O) groups is 1. The minimum atomic E-state index is -3.86. The molecule has 0 aromatic heterocycles. The molecule has 1 amide bonds. The van der Waals surface area contributed by atoms with E-state index in [0.29, 0.717) is 24.5 Å².